The van der Waals surface area contributed by atoms with E-state index in [9.17, 15) is 9.18 Å². The van der Waals surface area contributed by atoms with Crippen LogP contribution >= 0.6 is 0 Å². The van der Waals surface area contributed by atoms with Crippen LogP contribution in [0.3, 0.4) is 0 Å². The zero-order valence-corrected chi connectivity index (χ0v) is 12.3. The van der Waals surface area contributed by atoms with Crippen molar-refractivity contribution in [3.8, 4) is 0 Å². The van der Waals surface area contributed by atoms with Crippen LogP contribution in [0.2, 0.25) is 0 Å². The molecule has 0 unspecified atom stereocenters. The van der Waals surface area contributed by atoms with Crippen LogP contribution in [-0.2, 0) is 4.79 Å². The maximum atomic E-state index is 13.2. The second kappa shape index (κ2) is 5.89. The van der Waals surface area contributed by atoms with Crippen molar-refractivity contribution >= 4 is 11.6 Å². The van der Waals surface area contributed by atoms with Crippen LogP contribution in [0.5, 0.6) is 0 Å². The van der Waals surface area contributed by atoms with Crippen LogP contribution in [0.15, 0.2) is 18.2 Å². The van der Waals surface area contributed by atoms with Gasteiger partial charge in [0.2, 0.25) is 5.91 Å². The van der Waals surface area contributed by atoms with Crippen molar-refractivity contribution in [1.82, 2.24) is 10.2 Å². The van der Waals surface area contributed by atoms with E-state index in [0.29, 0.717) is 11.3 Å². The summed E-state index contributed by atoms with van der Waals surface area (Å²) in [5.41, 5.74) is 0.588. The van der Waals surface area contributed by atoms with Crippen molar-refractivity contribution in [2.75, 3.05) is 31.5 Å². The van der Waals surface area contributed by atoms with Crippen LogP contribution in [0.25, 0.3) is 0 Å². The van der Waals surface area contributed by atoms with E-state index in [1.165, 1.54) is 6.07 Å². The zero-order chi connectivity index (χ0) is 14.8. The number of halogens is 1. The van der Waals surface area contributed by atoms with Gasteiger partial charge in [-0.25, -0.2) is 4.39 Å². The molecule has 1 amide bonds. The topological polar surface area (TPSA) is 44.4 Å². The minimum absolute atomic E-state index is 0.0644. The number of anilines is 1. The van der Waals surface area contributed by atoms with Crippen molar-refractivity contribution < 1.29 is 9.18 Å². The molecule has 0 saturated carbocycles. The van der Waals surface area contributed by atoms with Crippen molar-refractivity contribution in [3.05, 3.63) is 29.6 Å². The fourth-order valence-electron chi connectivity index (χ4n) is 2.37. The Morgan fingerprint density at radius 3 is 2.60 bits per heavy atom. The Morgan fingerprint density at radius 2 is 2.00 bits per heavy atom. The summed E-state index contributed by atoms with van der Waals surface area (Å²) in [4.78, 5) is 14.6. The number of carbonyl (C=O) groups excluding carboxylic acids is 1. The van der Waals surface area contributed by atoms with Crippen LogP contribution in [-0.4, -0.2) is 42.5 Å². The maximum absolute atomic E-state index is 13.2. The van der Waals surface area contributed by atoms with E-state index in [0.717, 1.165) is 26.2 Å². The molecule has 20 heavy (non-hydrogen) atoms. The number of carbonyl (C=O) groups is 1. The third kappa shape index (κ3) is 3.16. The molecule has 0 spiro atoms. The number of nitrogens with one attached hydrogen (secondary N) is 2. The second-order valence-corrected chi connectivity index (χ2v) is 5.71. The minimum atomic E-state index is -0.579. The normalized spacial score (nSPS) is 17.0. The average Bonchev–Trinajstić information content (AvgIpc) is 2.44. The van der Waals surface area contributed by atoms with Gasteiger partial charge in [-0.3, -0.25) is 9.69 Å². The molecule has 4 nitrogen and oxygen atoms in total. The van der Waals surface area contributed by atoms with Crippen LogP contribution < -0.4 is 10.6 Å². The van der Waals surface area contributed by atoms with E-state index in [2.05, 4.69) is 15.5 Å². The summed E-state index contributed by atoms with van der Waals surface area (Å²) in [5, 5.41) is 6.15. The molecule has 2 rings (SSSR count). The molecule has 1 aromatic carbocycles. The van der Waals surface area contributed by atoms with Gasteiger partial charge in [0, 0.05) is 31.9 Å². The van der Waals surface area contributed by atoms with Gasteiger partial charge < -0.3 is 10.6 Å². The lowest BCUT2D eigenvalue weighted by atomic mass is 10.00. The largest absolute Gasteiger partial charge is 0.324 e. The molecule has 1 aliphatic heterocycles. The number of hydrogen-bond acceptors (Lipinski definition) is 3. The summed E-state index contributed by atoms with van der Waals surface area (Å²) >= 11 is 0. The molecule has 1 heterocycles. The highest BCUT2D eigenvalue weighted by molar-refractivity contribution is 5.97. The Labute approximate surface area is 119 Å². The molecule has 0 aromatic heterocycles. The van der Waals surface area contributed by atoms with E-state index in [1.807, 2.05) is 13.8 Å². The number of nitrogens with zero attached hydrogens (tertiary/aromatic N) is 1. The van der Waals surface area contributed by atoms with Gasteiger partial charge in [0.05, 0.1) is 5.54 Å². The standard InChI is InChI=1S/C15H22FN3O/c1-11-10-12(4-5-13(11)16)18-14(20)15(2,3)19-8-6-17-7-9-19/h4-5,10,17H,6-9H2,1-3H3,(H,18,20). The highest BCUT2D eigenvalue weighted by Crippen LogP contribution is 2.19. The first kappa shape index (κ1) is 14.9. The Balaban J connectivity index is 2.07. The third-order valence-corrected chi connectivity index (χ3v) is 3.88. The monoisotopic (exact) mass is 279 g/mol. The van der Waals surface area contributed by atoms with Gasteiger partial charge in [-0.2, -0.15) is 0 Å². The van der Waals surface area contributed by atoms with Crippen molar-refractivity contribution in [1.29, 1.82) is 0 Å². The Bertz CT molecular complexity index is 496. The van der Waals surface area contributed by atoms with E-state index in [-0.39, 0.29) is 11.7 Å². The first-order valence-corrected chi connectivity index (χ1v) is 6.94. The summed E-state index contributed by atoms with van der Waals surface area (Å²) in [6, 6.07) is 4.62. The lowest BCUT2D eigenvalue weighted by Gasteiger charge is -2.39. The first-order valence-electron chi connectivity index (χ1n) is 6.94. The van der Waals surface area contributed by atoms with E-state index >= 15 is 0 Å². The fraction of sp³-hybridized carbons (Fsp3) is 0.533. The van der Waals surface area contributed by atoms with Gasteiger partial charge in [-0.05, 0) is 44.5 Å². The Hall–Kier alpha value is -1.46. The van der Waals surface area contributed by atoms with Crippen LogP contribution in [0.4, 0.5) is 10.1 Å². The third-order valence-electron chi connectivity index (χ3n) is 3.88. The summed E-state index contributed by atoms with van der Waals surface area (Å²) in [5.74, 6) is -0.324. The lowest BCUT2D eigenvalue weighted by Crippen LogP contribution is -2.58. The summed E-state index contributed by atoms with van der Waals surface area (Å²) in [7, 11) is 0. The fourth-order valence-corrected chi connectivity index (χ4v) is 2.37. The minimum Gasteiger partial charge on any atom is -0.324 e. The van der Waals surface area contributed by atoms with E-state index in [4.69, 9.17) is 0 Å². The second-order valence-electron chi connectivity index (χ2n) is 5.71. The molecule has 5 heteroatoms. The molecule has 0 aliphatic carbocycles. The van der Waals surface area contributed by atoms with Gasteiger partial charge in [-0.15, -0.1) is 0 Å². The number of benzene rings is 1. The van der Waals surface area contributed by atoms with Gasteiger partial charge >= 0.3 is 0 Å². The number of hydrogen-bond donors (Lipinski definition) is 2. The lowest BCUT2D eigenvalue weighted by molar-refractivity contribution is -0.126. The number of aryl methyl sites for hydroxylation is 1. The highest BCUT2D eigenvalue weighted by atomic mass is 19.1. The molecule has 0 atom stereocenters. The molecule has 2 N–H and O–H groups in total. The molecule has 0 radical (unpaired) electrons. The van der Waals surface area contributed by atoms with Crippen molar-refractivity contribution in [2.45, 2.75) is 26.3 Å². The van der Waals surface area contributed by atoms with Gasteiger partial charge in [-0.1, -0.05) is 0 Å². The molecular formula is C15H22FN3O. The maximum Gasteiger partial charge on any atom is 0.244 e. The number of amides is 1. The Kier molecular flexibility index (Phi) is 4.40. The predicted octanol–water partition coefficient (Wildman–Crippen LogP) is 1.76. The molecular weight excluding hydrogens is 257 g/mol. The quantitative estimate of drug-likeness (QED) is 0.886. The van der Waals surface area contributed by atoms with Crippen LogP contribution in [0, 0.1) is 12.7 Å². The molecule has 0 bridgehead atoms. The summed E-state index contributed by atoms with van der Waals surface area (Å²) in [6.07, 6.45) is 0. The molecule has 110 valence electrons. The van der Waals surface area contributed by atoms with Gasteiger partial charge in [0.25, 0.3) is 0 Å². The zero-order valence-electron chi connectivity index (χ0n) is 12.3. The van der Waals surface area contributed by atoms with E-state index in [1.54, 1.807) is 19.1 Å². The SMILES string of the molecule is Cc1cc(NC(=O)C(C)(C)N2CCNCC2)ccc1F. The molecule has 1 saturated heterocycles. The van der Waals surface area contributed by atoms with E-state index < -0.39 is 5.54 Å². The first-order chi connectivity index (χ1) is 9.41. The Morgan fingerprint density at radius 1 is 1.35 bits per heavy atom. The van der Waals surface area contributed by atoms with Crippen molar-refractivity contribution in [3.63, 3.8) is 0 Å². The van der Waals surface area contributed by atoms with Crippen LogP contribution in [0.1, 0.15) is 19.4 Å². The van der Waals surface area contributed by atoms with Gasteiger partial charge in [0.1, 0.15) is 5.82 Å². The molecule has 1 aliphatic rings. The average molecular weight is 279 g/mol. The van der Waals surface area contributed by atoms with Crippen molar-refractivity contribution in [2.24, 2.45) is 0 Å². The highest BCUT2D eigenvalue weighted by Gasteiger charge is 2.35. The molecule has 1 aromatic rings. The molecule has 1 fully saturated rings. The summed E-state index contributed by atoms with van der Waals surface area (Å²) < 4.78 is 13.2. The predicted molar refractivity (Wildman–Crippen MR) is 78.3 cm³/mol. The summed E-state index contributed by atoms with van der Waals surface area (Å²) in [6.45, 7) is 9.02. The smallest absolute Gasteiger partial charge is 0.244 e. The number of rotatable bonds is 3. The number of piperazine rings is 1. The van der Waals surface area contributed by atoms with Gasteiger partial charge in [0.15, 0.2) is 0 Å².